The molecule has 2 rings (SSSR count). The second-order valence-corrected chi connectivity index (χ2v) is 7.41. The van der Waals surface area contributed by atoms with Crippen molar-refractivity contribution >= 4 is 11.8 Å². The lowest BCUT2D eigenvalue weighted by Gasteiger charge is -2.37. The lowest BCUT2D eigenvalue weighted by Crippen LogP contribution is -2.52. The fourth-order valence-electron chi connectivity index (χ4n) is 3.68. The highest BCUT2D eigenvalue weighted by molar-refractivity contribution is 5.82. The predicted octanol–water partition coefficient (Wildman–Crippen LogP) is 2.01. The van der Waals surface area contributed by atoms with Crippen LogP contribution in [0.1, 0.15) is 59.3 Å². The molecule has 0 saturated carbocycles. The summed E-state index contributed by atoms with van der Waals surface area (Å²) in [6.45, 7) is 9.38. The minimum atomic E-state index is -0.155. The van der Waals surface area contributed by atoms with E-state index in [1.807, 2.05) is 20.8 Å². The summed E-state index contributed by atoms with van der Waals surface area (Å²) in [5.41, 5.74) is 0. The van der Waals surface area contributed by atoms with Gasteiger partial charge in [0.1, 0.15) is 0 Å². The fraction of sp³-hybridized carbons (Fsp3) is 0.889. The number of carbonyl (C=O) groups is 2. The normalized spacial score (nSPS) is 25.0. The Hall–Kier alpha value is -1.10. The monoisotopic (exact) mass is 323 g/mol. The van der Waals surface area contributed by atoms with Crippen molar-refractivity contribution in [2.45, 2.75) is 71.4 Å². The first-order valence-electron chi connectivity index (χ1n) is 9.32. The standard InChI is InChI=1S/C18H33N3O2/c1-14(2)19-17(22)15(3)21-12-8-9-16(13-21)18(23)20-10-6-4-5-7-11-20/h14-16H,4-13H2,1-3H3,(H,19,22)/t15-,16-/m1/s1. The third-order valence-electron chi connectivity index (χ3n) is 5.08. The summed E-state index contributed by atoms with van der Waals surface area (Å²) in [5, 5.41) is 2.98. The van der Waals surface area contributed by atoms with Gasteiger partial charge in [-0.25, -0.2) is 0 Å². The Morgan fingerprint density at radius 3 is 2.22 bits per heavy atom. The maximum Gasteiger partial charge on any atom is 0.237 e. The van der Waals surface area contributed by atoms with Crippen LogP contribution in [0.3, 0.4) is 0 Å². The van der Waals surface area contributed by atoms with Gasteiger partial charge >= 0.3 is 0 Å². The molecule has 2 saturated heterocycles. The number of nitrogens with one attached hydrogen (secondary N) is 1. The molecule has 5 heteroatoms. The van der Waals surface area contributed by atoms with E-state index in [0.29, 0.717) is 5.91 Å². The van der Waals surface area contributed by atoms with E-state index < -0.39 is 0 Å². The Labute approximate surface area is 140 Å². The van der Waals surface area contributed by atoms with Crippen molar-refractivity contribution in [2.75, 3.05) is 26.2 Å². The molecule has 0 spiro atoms. The number of nitrogens with zero attached hydrogens (tertiary/aromatic N) is 2. The largest absolute Gasteiger partial charge is 0.353 e. The van der Waals surface area contributed by atoms with Gasteiger partial charge in [0.05, 0.1) is 12.0 Å². The number of hydrogen-bond acceptors (Lipinski definition) is 3. The highest BCUT2D eigenvalue weighted by Crippen LogP contribution is 2.22. The lowest BCUT2D eigenvalue weighted by atomic mass is 9.95. The van der Waals surface area contributed by atoms with Crippen LogP contribution in [-0.4, -0.2) is 59.9 Å². The SMILES string of the molecule is CC(C)NC(=O)[C@@H](C)N1CCC[C@@H](C(=O)N2CCCCCC2)C1. The highest BCUT2D eigenvalue weighted by Gasteiger charge is 2.33. The summed E-state index contributed by atoms with van der Waals surface area (Å²) < 4.78 is 0. The maximum atomic E-state index is 12.8. The van der Waals surface area contributed by atoms with Gasteiger partial charge in [-0.2, -0.15) is 0 Å². The molecule has 2 aliphatic heterocycles. The minimum Gasteiger partial charge on any atom is -0.353 e. The Balaban J connectivity index is 1.91. The van der Waals surface area contributed by atoms with E-state index in [0.717, 1.165) is 51.9 Å². The average Bonchev–Trinajstić information content (AvgIpc) is 2.82. The van der Waals surface area contributed by atoms with Crippen molar-refractivity contribution in [3.8, 4) is 0 Å². The molecule has 0 bridgehead atoms. The first kappa shape index (κ1) is 18.2. The quantitative estimate of drug-likeness (QED) is 0.861. The van der Waals surface area contributed by atoms with Crippen LogP contribution in [0.25, 0.3) is 0 Å². The fourth-order valence-corrected chi connectivity index (χ4v) is 3.68. The van der Waals surface area contributed by atoms with Crippen molar-refractivity contribution in [2.24, 2.45) is 5.92 Å². The maximum absolute atomic E-state index is 12.8. The molecule has 0 aromatic carbocycles. The van der Waals surface area contributed by atoms with Crippen LogP contribution in [0.15, 0.2) is 0 Å². The van der Waals surface area contributed by atoms with E-state index in [1.54, 1.807) is 0 Å². The van der Waals surface area contributed by atoms with Gasteiger partial charge in [-0.3, -0.25) is 14.5 Å². The van der Waals surface area contributed by atoms with Gasteiger partial charge < -0.3 is 10.2 Å². The van der Waals surface area contributed by atoms with Gasteiger partial charge in [-0.15, -0.1) is 0 Å². The van der Waals surface area contributed by atoms with Crippen LogP contribution in [0, 0.1) is 5.92 Å². The Bertz CT molecular complexity index is 403. The van der Waals surface area contributed by atoms with Crippen molar-refractivity contribution < 1.29 is 9.59 Å². The summed E-state index contributed by atoms with van der Waals surface area (Å²) in [6.07, 6.45) is 6.72. The predicted molar refractivity (Wildman–Crippen MR) is 92.1 cm³/mol. The molecule has 1 N–H and O–H groups in total. The molecular weight excluding hydrogens is 290 g/mol. The van der Waals surface area contributed by atoms with Gasteiger partial charge in [0, 0.05) is 25.7 Å². The van der Waals surface area contributed by atoms with E-state index in [9.17, 15) is 9.59 Å². The molecule has 0 aliphatic carbocycles. The van der Waals surface area contributed by atoms with Crippen LogP contribution >= 0.6 is 0 Å². The Kier molecular flexibility index (Phi) is 6.88. The number of hydrogen-bond donors (Lipinski definition) is 1. The summed E-state index contributed by atoms with van der Waals surface area (Å²) in [4.78, 5) is 29.3. The number of amides is 2. The van der Waals surface area contributed by atoms with E-state index in [2.05, 4.69) is 15.1 Å². The van der Waals surface area contributed by atoms with E-state index in [4.69, 9.17) is 0 Å². The molecule has 0 unspecified atom stereocenters. The van der Waals surface area contributed by atoms with Crippen LogP contribution in [0.5, 0.6) is 0 Å². The van der Waals surface area contributed by atoms with Gasteiger partial charge in [-0.05, 0) is 53.0 Å². The molecule has 132 valence electrons. The van der Waals surface area contributed by atoms with Gasteiger partial charge in [-0.1, -0.05) is 12.8 Å². The molecular formula is C18H33N3O2. The third kappa shape index (κ3) is 5.20. The molecule has 2 heterocycles. The third-order valence-corrected chi connectivity index (χ3v) is 5.08. The number of likely N-dealkylation sites (tertiary alicyclic amines) is 2. The Morgan fingerprint density at radius 2 is 1.61 bits per heavy atom. The molecule has 2 aliphatic rings. The lowest BCUT2D eigenvalue weighted by molar-refractivity contribution is -0.139. The molecule has 0 aromatic heterocycles. The van der Waals surface area contributed by atoms with Gasteiger partial charge in [0.2, 0.25) is 11.8 Å². The number of carbonyl (C=O) groups excluding carboxylic acids is 2. The van der Waals surface area contributed by atoms with E-state index in [-0.39, 0.29) is 23.9 Å². The first-order chi connectivity index (χ1) is 11.0. The zero-order valence-corrected chi connectivity index (χ0v) is 15.0. The average molecular weight is 323 g/mol. The summed E-state index contributed by atoms with van der Waals surface area (Å²) >= 11 is 0. The van der Waals surface area contributed by atoms with E-state index >= 15 is 0 Å². The number of rotatable bonds is 4. The zero-order chi connectivity index (χ0) is 16.8. The smallest absolute Gasteiger partial charge is 0.237 e. The first-order valence-corrected chi connectivity index (χ1v) is 9.32. The van der Waals surface area contributed by atoms with Crippen LogP contribution in [0.2, 0.25) is 0 Å². The molecule has 0 aromatic rings. The van der Waals surface area contributed by atoms with Crippen molar-refractivity contribution in [1.29, 1.82) is 0 Å². The zero-order valence-electron chi connectivity index (χ0n) is 15.0. The molecule has 2 fully saturated rings. The van der Waals surface area contributed by atoms with Crippen molar-refractivity contribution in [3.05, 3.63) is 0 Å². The van der Waals surface area contributed by atoms with Gasteiger partial charge in [0.25, 0.3) is 0 Å². The Morgan fingerprint density at radius 1 is 0.957 bits per heavy atom. The van der Waals surface area contributed by atoms with Crippen molar-refractivity contribution in [3.63, 3.8) is 0 Å². The molecule has 5 nitrogen and oxygen atoms in total. The van der Waals surface area contributed by atoms with Crippen LogP contribution in [0.4, 0.5) is 0 Å². The summed E-state index contributed by atoms with van der Waals surface area (Å²) in [6, 6.07) is 0.00130. The molecule has 2 atom stereocenters. The molecule has 2 amide bonds. The topological polar surface area (TPSA) is 52.7 Å². The van der Waals surface area contributed by atoms with Gasteiger partial charge in [0.15, 0.2) is 0 Å². The summed E-state index contributed by atoms with van der Waals surface area (Å²) in [5.74, 6) is 0.451. The minimum absolute atomic E-state index is 0.0659. The second-order valence-electron chi connectivity index (χ2n) is 7.41. The molecule has 23 heavy (non-hydrogen) atoms. The van der Waals surface area contributed by atoms with Crippen LogP contribution < -0.4 is 5.32 Å². The van der Waals surface area contributed by atoms with Crippen molar-refractivity contribution in [1.82, 2.24) is 15.1 Å². The second kappa shape index (κ2) is 8.67. The van der Waals surface area contributed by atoms with Crippen LogP contribution in [-0.2, 0) is 9.59 Å². The number of piperidine rings is 1. The summed E-state index contributed by atoms with van der Waals surface area (Å²) in [7, 11) is 0. The van der Waals surface area contributed by atoms with E-state index in [1.165, 1.54) is 12.8 Å². The molecule has 0 radical (unpaired) electrons. The highest BCUT2D eigenvalue weighted by atomic mass is 16.2.